The molecule has 0 atom stereocenters. The zero-order valence-electron chi connectivity index (χ0n) is 14.6. The molecule has 6 nitrogen and oxygen atoms in total. The Hall–Kier alpha value is -2.77. The number of halogens is 1. The van der Waals surface area contributed by atoms with E-state index in [2.05, 4.69) is 10.0 Å². The number of furan rings is 1. The fourth-order valence-corrected chi connectivity index (χ4v) is 3.97. The maximum Gasteiger partial charge on any atom is 0.262 e. The summed E-state index contributed by atoms with van der Waals surface area (Å²) in [5, 5.41) is 3.20. The van der Waals surface area contributed by atoms with E-state index in [-0.39, 0.29) is 10.8 Å². The van der Waals surface area contributed by atoms with Crippen LogP contribution in [0.25, 0.3) is 0 Å². The van der Waals surface area contributed by atoms with E-state index in [1.807, 2.05) is 0 Å². The third-order valence-electron chi connectivity index (χ3n) is 3.94. The van der Waals surface area contributed by atoms with Crippen LogP contribution >= 0.6 is 11.6 Å². The Kier molecular flexibility index (Phi) is 5.25. The lowest BCUT2D eigenvalue weighted by Gasteiger charge is -2.13. The monoisotopic (exact) mass is 404 g/mol. The molecule has 0 unspecified atom stereocenters. The number of benzene rings is 2. The summed E-state index contributed by atoms with van der Waals surface area (Å²) >= 11 is 5.82. The molecule has 8 heteroatoms. The van der Waals surface area contributed by atoms with E-state index >= 15 is 0 Å². The largest absolute Gasteiger partial charge is 0.469 e. The van der Waals surface area contributed by atoms with Crippen LogP contribution in [0.1, 0.15) is 21.7 Å². The van der Waals surface area contributed by atoms with Gasteiger partial charge in [0.1, 0.15) is 5.76 Å². The molecular weight excluding hydrogens is 388 g/mol. The van der Waals surface area contributed by atoms with Crippen molar-refractivity contribution < 1.29 is 17.6 Å². The van der Waals surface area contributed by atoms with Gasteiger partial charge in [0.2, 0.25) is 0 Å². The molecule has 140 valence electrons. The Morgan fingerprint density at radius 1 is 1.00 bits per heavy atom. The van der Waals surface area contributed by atoms with Gasteiger partial charge in [-0.3, -0.25) is 9.52 Å². The van der Waals surface area contributed by atoms with Crippen LogP contribution in [0.15, 0.2) is 64.1 Å². The Labute approximate surface area is 162 Å². The molecule has 27 heavy (non-hydrogen) atoms. The van der Waals surface area contributed by atoms with Crippen LogP contribution in [-0.4, -0.2) is 14.3 Å². The number of rotatable bonds is 5. The molecule has 3 aromatic rings. The average Bonchev–Trinajstić information content (AvgIpc) is 3.04. The lowest BCUT2D eigenvalue weighted by atomic mass is 10.2. The fourth-order valence-electron chi connectivity index (χ4n) is 2.51. The van der Waals surface area contributed by atoms with Crippen molar-refractivity contribution in [1.82, 2.24) is 0 Å². The topological polar surface area (TPSA) is 88.4 Å². The lowest BCUT2D eigenvalue weighted by Crippen LogP contribution is -2.16. The van der Waals surface area contributed by atoms with Gasteiger partial charge in [0.25, 0.3) is 15.9 Å². The van der Waals surface area contributed by atoms with Crippen molar-refractivity contribution in [3.05, 3.63) is 76.7 Å². The highest BCUT2D eigenvalue weighted by atomic mass is 35.5. The van der Waals surface area contributed by atoms with Crippen LogP contribution in [0.4, 0.5) is 11.4 Å². The molecule has 0 saturated heterocycles. The molecule has 0 radical (unpaired) electrons. The Morgan fingerprint density at radius 3 is 2.30 bits per heavy atom. The lowest BCUT2D eigenvalue weighted by molar-refractivity contribution is 0.102. The van der Waals surface area contributed by atoms with Gasteiger partial charge >= 0.3 is 0 Å². The van der Waals surface area contributed by atoms with Gasteiger partial charge < -0.3 is 9.73 Å². The summed E-state index contributed by atoms with van der Waals surface area (Å²) in [5.41, 5.74) is 1.69. The summed E-state index contributed by atoms with van der Waals surface area (Å²) in [5.74, 6) is 0.107. The highest BCUT2D eigenvalue weighted by Crippen LogP contribution is 2.24. The van der Waals surface area contributed by atoms with Gasteiger partial charge in [0.15, 0.2) is 0 Å². The van der Waals surface area contributed by atoms with Crippen molar-refractivity contribution >= 4 is 38.9 Å². The van der Waals surface area contributed by atoms with Crippen molar-refractivity contribution in [3.8, 4) is 0 Å². The van der Waals surface area contributed by atoms with E-state index < -0.39 is 10.0 Å². The summed E-state index contributed by atoms with van der Waals surface area (Å²) in [6.07, 6.45) is 1.42. The number of anilines is 2. The first kappa shape index (κ1) is 19.0. The van der Waals surface area contributed by atoms with Gasteiger partial charge in [-0.25, -0.2) is 8.42 Å². The third kappa shape index (κ3) is 4.32. The number of carbonyl (C=O) groups is 1. The highest BCUT2D eigenvalue weighted by Gasteiger charge is 2.19. The van der Waals surface area contributed by atoms with Crippen LogP contribution in [0, 0.1) is 13.8 Å². The third-order valence-corrected chi connectivity index (χ3v) is 5.71. The Morgan fingerprint density at radius 2 is 1.67 bits per heavy atom. The number of hydrogen-bond donors (Lipinski definition) is 2. The fraction of sp³-hybridized carbons (Fsp3) is 0.105. The molecule has 0 bridgehead atoms. The number of hydrogen-bond acceptors (Lipinski definition) is 4. The normalized spacial score (nSPS) is 11.2. The molecule has 0 saturated carbocycles. The van der Waals surface area contributed by atoms with Gasteiger partial charge in [-0.15, -0.1) is 0 Å². The van der Waals surface area contributed by atoms with E-state index in [1.165, 1.54) is 12.3 Å². The molecule has 1 amide bonds. The molecule has 2 aromatic carbocycles. The predicted octanol–water partition coefficient (Wildman–Crippen LogP) is 4.60. The second kappa shape index (κ2) is 7.46. The maximum atomic E-state index is 12.8. The number of amides is 1. The standard InChI is InChI=1S/C19H17ClN2O4S/c1-12-3-6-16(21-19(23)17-9-10-26-13(17)2)11-18(12)27(24,25)22-15-7-4-14(20)5-8-15/h3-11,22H,1-2H3,(H,21,23). The minimum Gasteiger partial charge on any atom is -0.469 e. The zero-order valence-corrected chi connectivity index (χ0v) is 16.2. The van der Waals surface area contributed by atoms with Crippen LogP contribution in [-0.2, 0) is 10.0 Å². The summed E-state index contributed by atoms with van der Waals surface area (Å²) < 4.78 is 33.1. The van der Waals surface area contributed by atoms with Crippen LogP contribution in [0.5, 0.6) is 0 Å². The van der Waals surface area contributed by atoms with Crippen molar-refractivity contribution in [3.63, 3.8) is 0 Å². The summed E-state index contributed by atoms with van der Waals surface area (Å²) in [6.45, 7) is 3.36. The molecule has 3 rings (SSSR count). The number of carbonyl (C=O) groups excluding carboxylic acids is 1. The first-order chi connectivity index (χ1) is 12.8. The quantitative estimate of drug-likeness (QED) is 0.650. The van der Waals surface area contributed by atoms with Crippen molar-refractivity contribution in [2.45, 2.75) is 18.7 Å². The summed E-state index contributed by atoms with van der Waals surface area (Å²) in [6, 6.07) is 12.6. The summed E-state index contributed by atoms with van der Waals surface area (Å²) in [4.78, 5) is 12.4. The zero-order chi connectivity index (χ0) is 19.6. The molecular formula is C19H17ClN2O4S. The summed E-state index contributed by atoms with van der Waals surface area (Å²) in [7, 11) is -3.84. The van der Waals surface area contributed by atoms with Crippen molar-refractivity contribution in [1.29, 1.82) is 0 Å². The molecule has 0 aliphatic rings. The Bertz CT molecular complexity index is 1090. The number of sulfonamides is 1. The minimum atomic E-state index is -3.84. The smallest absolute Gasteiger partial charge is 0.262 e. The number of aryl methyl sites for hydroxylation is 2. The molecule has 2 N–H and O–H groups in total. The van der Waals surface area contributed by atoms with Crippen LogP contribution < -0.4 is 10.0 Å². The molecule has 0 fully saturated rings. The molecule has 1 aromatic heterocycles. The van der Waals surface area contributed by atoms with Gasteiger partial charge in [0.05, 0.1) is 16.7 Å². The van der Waals surface area contributed by atoms with E-state index in [9.17, 15) is 13.2 Å². The van der Waals surface area contributed by atoms with Gasteiger partial charge in [-0.2, -0.15) is 0 Å². The van der Waals surface area contributed by atoms with Gasteiger partial charge in [-0.05, 0) is 61.9 Å². The van der Waals surface area contributed by atoms with E-state index in [0.29, 0.717) is 33.3 Å². The second-order valence-electron chi connectivity index (χ2n) is 5.94. The van der Waals surface area contributed by atoms with Crippen molar-refractivity contribution in [2.75, 3.05) is 10.0 Å². The van der Waals surface area contributed by atoms with Crippen LogP contribution in [0.2, 0.25) is 5.02 Å². The first-order valence-electron chi connectivity index (χ1n) is 8.01. The minimum absolute atomic E-state index is 0.0687. The maximum absolute atomic E-state index is 12.8. The SMILES string of the molecule is Cc1ccc(NC(=O)c2ccoc2C)cc1S(=O)(=O)Nc1ccc(Cl)cc1. The molecule has 0 spiro atoms. The second-order valence-corrected chi connectivity index (χ2v) is 8.02. The Balaban J connectivity index is 1.87. The van der Waals surface area contributed by atoms with E-state index in [1.54, 1.807) is 56.3 Å². The predicted molar refractivity (Wildman–Crippen MR) is 105 cm³/mol. The molecule has 1 heterocycles. The van der Waals surface area contributed by atoms with Gasteiger partial charge in [-0.1, -0.05) is 17.7 Å². The number of nitrogens with one attached hydrogen (secondary N) is 2. The highest BCUT2D eigenvalue weighted by molar-refractivity contribution is 7.92. The van der Waals surface area contributed by atoms with Crippen molar-refractivity contribution in [2.24, 2.45) is 0 Å². The van der Waals surface area contributed by atoms with Crippen LogP contribution in [0.3, 0.4) is 0 Å². The first-order valence-corrected chi connectivity index (χ1v) is 9.87. The van der Waals surface area contributed by atoms with E-state index in [4.69, 9.17) is 16.0 Å². The average molecular weight is 405 g/mol. The molecule has 0 aliphatic carbocycles. The van der Waals surface area contributed by atoms with E-state index in [0.717, 1.165) is 0 Å². The van der Waals surface area contributed by atoms with Gasteiger partial charge in [0, 0.05) is 16.4 Å². The molecule has 0 aliphatic heterocycles.